The zero-order chi connectivity index (χ0) is 17.0. The second-order valence-electron chi connectivity index (χ2n) is 6.56. The molecule has 136 valence electrons. The Morgan fingerprint density at radius 2 is 1.65 bits per heavy atom. The minimum Gasteiger partial charge on any atom is -0.477 e. The molecule has 0 radical (unpaired) electrons. The molecule has 1 rings (SSSR count). The average molecular weight is 330 g/mol. The van der Waals surface area contributed by atoms with E-state index in [1.54, 1.807) is 0 Å². The van der Waals surface area contributed by atoms with E-state index in [9.17, 15) is 4.79 Å². The van der Waals surface area contributed by atoms with Gasteiger partial charge in [-0.05, 0) is 6.42 Å². The molecule has 1 heterocycles. The Morgan fingerprint density at radius 3 is 2.17 bits per heavy atom. The van der Waals surface area contributed by atoms with Gasteiger partial charge in [-0.1, -0.05) is 64.7 Å². The second kappa shape index (κ2) is 11.8. The molecule has 0 bridgehead atoms. The van der Waals surface area contributed by atoms with Gasteiger partial charge in [0.2, 0.25) is 0 Å². The van der Waals surface area contributed by atoms with Crippen molar-refractivity contribution in [2.45, 2.75) is 89.9 Å². The van der Waals surface area contributed by atoms with Crippen LogP contribution in [0.2, 0.25) is 0 Å². The number of carboxylic acids is 1. The number of carboxylic acid groups (broad SMARTS) is 1. The zero-order valence-corrected chi connectivity index (χ0v) is 14.8. The van der Waals surface area contributed by atoms with Crippen molar-refractivity contribution in [2.75, 3.05) is 19.8 Å². The van der Waals surface area contributed by atoms with Crippen molar-refractivity contribution in [1.82, 2.24) is 0 Å². The summed E-state index contributed by atoms with van der Waals surface area (Å²) in [6.45, 7) is 5.07. The third-order valence-corrected chi connectivity index (χ3v) is 4.27. The summed E-state index contributed by atoms with van der Waals surface area (Å²) in [7, 11) is 0. The first-order valence-corrected chi connectivity index (χ1v) is 9.21. The molecular weight excluding hydrogens is 296 g/mol. The van der Waals surface area contributed by atoms with Crippen LogP contribution in [0.15, 0.2) is 0 Å². The second-order valence-corrected chi connectivity index (χ2v) is 6.56. The highest BCUT2D eigenvalue weighted by Gasteiger charge is 2.44. The van der Waals surface area contributed by atoms with E-state index in [0.29, 0.717) is 13.2 Å². The molecular formula is C18H34O5. The number of ether oxygens (including phenoxy) is 3. The van der Waals surface area contributed by atoms with Crippen LogP contribution in [0.3, 0.4) is 0 Å². The molecule has 2 atom stereocenters. The van der Waals surface area contributed by atoms with Gasteiger partial charge in [-0.25, -0.2) is 4.79 Å². The topological polar surface area (TPSA) is 65.0 Å². The lowest BCUT2D eigenvalue weighted by Gasteiger charge is -2.17. The molecule has 0 aromatic heterocycles. The quantitative estimate of drug-likeness (QED) is 0.485. The molecule has 0 aromatic rings. The summed E-state index contributed by atoms with van der Waals surface area (Å²) in [5.41, 5.74) is 0. The average Bonchev–Trinajstić information content (AvgIpc) is 2.91. The summed E-state index contributed by atoms with van der Waals surface area (Å²) in [4.78, 5) is 11.0. The molecule has 0 amide bonds. The van der Waals surface area contributed by atoms with Crippen molar-refractivity contribution in [3.05, 3.63) is 0 Å². The standard InChI is InChI=1S/C18H34O5/c1-3-4-5-6-7-8-9-10-11-12-13-21-14-16-15-22-18(2,23-16)17(19)20/h16H,3-15H2,1-2H3,(H,19,20). The smallest absolute Gasteiger partial charge is 0.364 e. The molecule has 1 aliphatic heterocycles. The molecule has 23 heavy (non-hydrogen) atoms. The van der Waals surface area contributed by atoms with E-state index in [0.717, 1.165) is 6.42 Å². The Bertz CT molecular complexity index is 321. The normalized spacial score (nSPS) is 24.2. The van der Waals surface area contributed by atoms with Gasteiger partial charge in [-0.2, -0.15) is 0 Å². The van der Waals surface area contributed by atoms with E-state index in [2.05, 4.69) is 6.92 Å². The van der Waals surface area contributed by atoms with Crippen molar-refractivity contribution in [3.63, 3.8) is 0 Å². The van der Waals surface area contributed by atoms with Gasteiger partial charge in [0.15, 0.2) is 0 Å². The molecule has 0 saturated carbocycles. The lowest BCUT2D eigenvalue weighted by molar-refractivity contribution is -0.200. The highest BCUT2D eigenvalue weighted by atomic mass is 16.8. The largest absolute Gasteiger partial charge is 0.477 e. The van der Waals surface area contributed by atoms with Gasteiger partial charge in [-0.3, -0.25) is 0 Å². The molecule has 0 aromatic carbocycles. The van der Waals surface area contributed by atoms with E-state index in [4.69, 9.17) is 19.3 Å². The van der Waals surface area contributed by atoms with Crippen LogP contribution in [0.1, 0.15) is 78.1 Å². The van der Waals surface area contributed by atoms with Crippen molar-refractivity contribution in [1.29, 1.82) is 0 Å². The van der Waals surface area contributed by atoms with Gasteiger partial charge in [0.05, 0.1) is 13.2 Å². The first-order chi connectivity index (χ1) is 11.1. The van der Waals surface area contributed by atoms with Crippen molar-refractivity contribution >= 4 is 5.97 Å². The first-order valence-electron chi connectivity index (χ1n) is 9.21. The Morgan fingerprint density at radius 1 is 1.09 bits per heavy atom. The lowest BCUT2D eigenvalue weighted by Crippen LogP contribution is -2.37. The maximum Gasteiger partial charge on any atom is 0.364 e. The maximum atomic E-state index is 11.0. The monoisotopic (exact) mass is 330 g/mol. The Hall–Kier alpha value is -0.650. The molecule has 2 unspecified atom stereocenters. The highest BCUT2D eigenvalue weighted by molar-refractivity contribution is 5.75. The number of hydrogen-bond acceptors (Lipinski definition) is 4. The third kappa shape index (κ3) is 8.68. The minimum absolute atomic E-state index is 0.278. The fourth-order valence-electron chi connectivity index (χ4n) is 2.74. The van der Waals surface area contributed by atoms with Gasteiger partial charge >= 0.3 is 5.97 Å². The van der Waals surface area contributed by atoms with Crippen LogP contribution in [-0.4, -0.2) is 42.8 Å². The van der Waals surface area contributed by atoms with E-state index >= 15 is 0 Å². The number of unbranched alkanes of at least 4 members (excludes halogenated alkanes) is 9. The van der Waals surface area contributed by atoms with Crippen LogP contribution in [0, 0.1) is 0 Å². The zero-order valence-electron chi connectivity index (χ0n) is 14.8. The van der Waals surface area contributed by atoms with Gasteiger partial charge in [0, 0.05) is 13.5 Å². The molecule has 5 heteroatoms. The molecule has 0 aliphatic carbocycles. The van der Waals surface area contributed by atoms with Crippen LogP contribution >= 0.6 is 0 Å². The Labute approximate surface area is 140 Å². The number of aliphatic carboxylic acids is 1. The minimum atomic E-state index is -1.51. The molecule has 1 saturated heterocycles. The van der Waals surface area contributed by atoms with Crippen molar-refractivity contribution in [2.24, 2.45) is 0 Å². The number of carbonyl (C=O) groups is 1. The molecule has 1 fully saturated rings. The summed E-state index contributed by atoms with van der Waals surface area (Å²) in [5, 5.41) is 8.97. The Kier molecular flexibility index (Phi) is 10.5. The summed E-state index contributed by atoms with van der Waals surface area (Å²) in [6, 6.07) is 0. The SMILES string of the molecule is CCCCCCCCCCCCOCC1COC(C)(C(=O)O)O1. The lowest BCUT2D eigenvalue weighted by atomic mass is 10.1. The van der Waals surface area contributed by atoms with Crippen LogP contribution in [-0.2, 0) is 19.0 Å². The van der Waals surface area contributed by atoms with Crippen LogP contribution in [0.4, 0.5) is 0 Å². The van der Waals surface area contributed by atoms with E-state index in [-0.39, 0.29) is 12.7 Å². The summed E-state index contributed by atoms with van der Waals surface area (Å²) >= 11 is 0. The summed E-state index contributed by atoms with van der Waals surface area (Å²) < 4.78 is 16.1. The van der Waals surface area contributed by atoms with Gasteiger partial charge in [-0.15, -0.1) is 0 Å². The van der Waals surface area contributed by atoms with Gasteiger partial charge in [0.1, 0.15) is 6.10 Å². The predicted molar refractivity (Wildman–Crippen MR) is 89.5 cm³/mol. The van der Waals surface area contributed by atoms with Crippen molar-refractivity contribution in [3.8, 4) is 0 Å². The van der Waals surface area contributed by atoms with Gasteiger partial charge < -0.3 is 19.3 Å². The molecule has 1 N–H and O–H groups in total. The molecule has 0 spiro atoms. The number of rotatable bonds is 14. The van der Waals surface area contributed by atoms with Gasteiger partial charge in [0.25, 0.3) is 5.79 Å². The summed E-state index contributed by atoms with van der Waals surface area (Å²) in [5.74, 6) is -2.60. The van der Waals surface area contributed by atoms with E-state index < -0.39 is 11.8 Å². The van der Waals surface area contributed by atoms with Crippen LogP contribution in [0.25, 0.3) is 0 Å². The van der Waals surface area contributed by atoms with E-state index in [1.807, 2.05) is 0 Å². The number of hydrogen-bond donors (Lipinski definition) is 1. The highest BCUT2D eigenvalue weighted by Crippen LogP contribution is 2.23. The summed E-state index contributed by atoms with van der Waals surface area (Å²) in [6.07, 6.45) is 12.8. The van der Waals surface area contributed by atoms with Crippen LogP contribution in [0.5, 0.6) is 0 Å². The fourth-order valence-corrected chi connectivity index (χ4v) is 2.74. The predicted octanol–water partition coefficient (Wildman–Crippen LogP) is 4.14. The Balaban J connectivity index is 1.85. The molecule has 1 aliphatic rings. The van der Waals surface area contributed by atoms with Crippen molar-refractivity contribution < 1.29 is 24.1 Å². The fraction of sp³-hybridized carbons (Fsp3) is 0.944. The third-order valence-electron chi connectivity index (χ3n) is 4.27. The molecule has 5 nitrogen and oxygen atoms in total. The van der Waals surface area contributed by atoms with E-state index in [1.165, 1.54) is 64.7 Å². The van der Waals surface area contributed by atoms with Crippen LogP contribution < -0.4 is 0 Å². The first kappa shape index (κ1) is 20.4. The maximum absolute atomic E-state index is 11.0.